The maximum absolute atomic E-state index is 5.53. The van der Waals surface area contributed by atoms with E-state index >= 15 is 0 Å². The summed E-state index contributed by atoms with van der Waals surface area (Å²) in [5, 5.41) is 3.47. The predicted molar refractivity (Wildman–Crippen MR) is 81.7 cm³/mol. The van der Waals surface area contributed by atoms with Gasteiger partial charge >= 0.3 is 0 Å². The van der Waals surface area contributed by atoms with Gasteiger partial charge in [0.1, 0.15) is 0 Å². The third-order valence-electron chi connectivity index (χ3n) is 3.88. The van der Waals surface area contributed by atoms with E-state index in [0.717, 1.165) is 32.3 Å². The lowest BCUT2D eigenvalue weighted by molar-refractivity contribution is 0.124. The Labute approximate surface area is 119 Å². The number of nitrogens with zero attached hydrogens (tertiary/aromatic N) is 2. The fourth-order valence-electron chi connectivity index (χ4n) is 2.51. The summed E-state index contributed by atoms with van der Waals surface area (Å²) >= 11 is 0. The maximum atomic E-state index is 5.53. The van der Waals surface area contributed by atoms with Gasteiger partial charge in [-0.05, 0) is 39.9 Å². The Bertz CT molecular complexity index is 212. The van der Waals surface area contributed by atoms with Crippen molar-refractivity contribution >= 4 is 0 Å². The summed E-state index contributed by atoms with van der Waals surface area (Å²) in [5.41, 5.74) is 0. The van der Waals surface area contributed by atoms with Crippen molar-refractivity contribution in [3.05, 3.63) is 0 Å². The van der Waals surface area contributed by atoms with Gasteiger partial charge in [0, 0.05) is 38.8 Å². The lowest BCUT2D eigenvalue weighted by Gasteiger charge is -2.36. The Balaban J connectivity index is 1.94. The Kier molecular flexibility index (Phi) is 9.43. The Morgan fingerprint density at radius 2 is 2.11 bits per heavy atom. The highest BCUT2D eigenvalue weighted by Gasteiger charge is 2.20. The minimum absolute atomic E-state index is 0.742. The van der Waals surface area contributed by atoms with Gasteiger partial charge in [0.25, 0.3) is 0 Å². The molecule has 0 saturated carbocycles. The minimum Gasteiger partial charge on any atom is -0.380 e. The zero-order valence-corrected chi connectivity index (χ0v) is 13.2. The predicted octanol–water partition coefficient (Wildman–Crippen LogP) is 1.42. The molecule has 114 valence electrons. The summed E-state index contributed by atoms with van der Waals surface area (Å²) in [5.74, 6) is 0. The van der Waals surface area contributed by atoms with E-state index in [4.69, 9.17) is 4.74 Å². The number of rotatable bonds is 10. The van der Waals surface area contributed by atoms with Crippen LogP contribution < -0.4 is 5.32 Å². The first kappa shape index (κ1) is 16.9. The van der Waals surface area contributed by atoms with E-state index in [1.54, 1.807) is 0 Å². The number of piperidine rings is 1. The molecule has 0 aromatic heterocycles. The van der Waals surface area contributed by atoms with Gasteiger partial charge in [0.2, 0.25) is 0 Å². The van der Waals surface area contributed by atoms with Crippen LogP contribution in [0.1, 0.15) is 32.6 Å². The van der Waals surface area contributed by atoms with Gasteiger partial charge in [-0.15, -0.1) is 0 Å². The maximum Gasteiger partial charge on any atom is 0.0590 e. The SMILES string of the molecule is CCCCOCCNCCN1CCCC(N(C)C)C1. The molecule has 19 heavy (non-hydrogen) atoms. The molecular formula is C15H33N3O. The van der Waals surface area contributed by atoms with Crippen molar-refractivity contribution in [2.75, 3.05) is 60.0 Å². The molecule has 0 aliphatic carbocycles. The van der Waals surface area contributed by atoms with Crippen molar-refractivity contribution < 1.29 is 4.74 Å². The zero-order valence-electron chi connectivity index (χ0n) is 13.2. The van der Waals surface area contributed by atoms with E-state index < -0.39 is 0 Å². The number of likely N-dealkylation sites (tertiary alicyclic amines) is 1. The number of hydrogen-bond donors (Lipinski definition) is 1. The average molecular weight is 271 g/mol. The molecule has 4 heteroatoms. The molecule has 1 unspecified atom stereocenters. The van der Waals surface area contributed by atoms with Gasteiger partial charge in [0.05, 0.1) is 6.61 Å². The number of hydrogen-bond acceptors (Lipinski definition) is 4. The summed E-state index contributed by atoms with van der Waals surface area (Å²) in [6, 6.07) is 0.742. The van der Waals surface area contributed by atoms with E-state index in [9.17, 15) is 0 Å². The lowest BCUT2D eigenvalue weighted by Crippen LogP contribution is -2.47. The highest BCUT2D eigenvalue weighted by atomic mass is 16.5. The van der Waals surface area contributed by atoms with Crippen LogP contribution in [0.3, 0.4) is 0 Å². The summed E-state index contributed by atoms with van der Waals surface area (Å²) in [6.07, 6.45) is 5.08. The summed E-state index contributed by atoms with van der Waals surface area (Å²) in [7, 11) is 4.39. The molecule has 1 aliphatic heterocycles. The summed E-state index contributed by atoms with van der Waals surface area (Å²) in [6.45, 7) is 9.67. The average Bonchev–Trinajstić information content (AvgIpc) is 2.42. The largest absolute Gasteiger partial charge is 0.380 e. The number of unbranched alkanes of at least 4 members (excludes halogenated alkanes) is 1. The molecule has 0 bridgehead atoms. The first-order valence-electron chi connectivity index (χ1n) is 7.91. The highest BCUT2D eigenvalue weighted by molar-refractivity contribution is 4.78. The van der Waals surface area contributed by atoms with Crippen LogP contribution in [0.5, 0.6) is 0 Å². The second-order valence-corrected chi connectivity index (χ2v) is 5.78. The topological polar surface area (TPSA) is 27.7 Å². The molecule has 0 aromatic carbocycles. The Morgan fingerprint density at radius 1 is 1.26 bits per heavy atom. The molecule has 1 heterocycles. The van der Waals surface area contributed by atoms with Crippen LogP contribution in [-0.2, 0) is 4.74 Å². The molecule has 4 nitrogen and oxygen atoms in total. The van der Waals surface area contributed by atoms with Gasteiger partial charge in [-0.25, -0.2) is 0 Å². The molecule has 0 aromatic rings. The summed E-state index contributed by atoms with van der Waals surface area (Å²) in [4.78, 5) is 4.94. The molecule has 1 N–H and O–H groups in total. The molecule has 1 rings (SSSR count). The fourth-order valence-corrected chi connectivity index (χ4v) is 2.51. The fraction of sp³-hybridized carbons (Fsp3) is 1.00. The first-order valence-corrected chi connectivity index (χ1v) is 7.91. The normalized spacial score (nSPS) is 21.2. The van der Waals surface area contributed by atoms with Crippen LogP contribution in [-0.4, -0.2) is 75.9 Å². The van der Waals surface area contributed by atoms with E-state index in [1.807, 2.05) is 0 Å². The monoisotopic (exact) mass is 271 g/mol. The molecule has 0 spiro atoms. The van der Waals surface area contributed by atoms with Crippen LogP contribution in [0.15, 0.2) is 0 Å². The van der Waals surface area contributed by atoms with Crippen LogP contribution in [0.4, 0.5) is 0 Å². The Morgan fingerprint density at radius 3 is 2.84 bits per heavy atom. The minimum atomic E-state index is 0.742. The first-order chi connectivity index (χ1) is 9.24. The Hall–Kier alpha value is -0.160. The quantitative estimate of drug-likeness (QED) is 0.608. The lowest BCUT2D eigenvalue weighted by atomic mass is 10.1. The van der Waals surface area contributed by atoms with Gasteiger partial charge in [-0.2, -0.15) is 0 Å². The summed E-state index contributed by atoms with van der Waals surface area (Å²) < 4.78 is 5.53. The van der Waals surface area contributed by atoms with Crippen molar-refractivity contribution in [2.45, 2.75) is 38.6 Å². The molecule has 1 fully saturated rings. The standard InChI is InChI=1S/C15H33N3O/c1-4-5-12-19-13-9-16-8-11-18-10-6-7-15(14-18)17(2)3/h15-16H,4-14H2,1-3H3. The van der Waals surface area contributed by atoms with E-state index in [-0.39, 0.29) is 0 Å². The van der Waals surface area contributed by atoms with Gasteiger partial charge in [0.15, 0.2) is 0 Å². The molecule has 1 saturated heterocycles. The molecular weight excluding hydrogens is 238 g/mol. The van der Waals surface area contributed by atoms with Crippen molar-refractivity contribution in [3.63, 3.8) is 0 Å². The van der Waals surface area contributed by atoms with Crippen LogP contribution in [0, 0.1) is 0 Å². The van der Waals surface area contributed by atoms with Crippen LogP contribution >= 0.6 is 0 Å². The number of nitrogens with one attached hydrogen (secondary N) is 1. The van der Waals surface area contributed by atoms with E-state index in [1.165, 1.54) is 45.3 Å². The third-order valence-corrected chi connectivity index (χ3v) is 3.88. The second-order valence-electron chi connectivity index (χ2n) is 5.78. The van der Waals surface area contributed by atoms with Crippen molar-refractivity contribution in [1.82, 2.24) is 15.1 Å². The molecule has 0 radical (unpaired) electrons. The number of ether oxygens (including phenoxy) is 1. The molecule has 0 amide bonds. The highest BCUT2D eigenvalue weighted by Crippen LogP contribution is 2.12. The van der Waals surface area contributed by atoms with Gasteiger partial charge in [-0.3, -0.25) is 0 Å². The third kappa shape index (κ3) is 7.88. The molecule has 1 aliphatic rings. The van der Waals surface area contributed by atoms with Crippen molar-refractivity contribution in [2.24, 2.45) is 0 Å². The van der Waals surface area contributed by atoms with Gasteiger partial charge < -0.3 is 19.9 Å². The number of likely N-dealkylation sites (N-methyl/N-ethyl adjacent to an activating group) is 1. The van der Waals surface area contributed by atoms with E-state index in [0.29, 0.717) is 0 Å². The van der Waals surface area contributed by atoms with Crippen molar-refractivity contribution in [3.8, 4) is 0 Å². The molecule has 1 atom stereocenters. The second kappa shape index (κ2) is 10.6. The van der Waals surface area contributed by atoms with E-state index in [2.05, 4.69) is 36.1 Å². The van der Waals surface area contributed by atoms with Crippen LogP contribution in [0.25, 0.3) is 0 Å². The smallest absolute Gasteiger partial charge is 0.0590 e. The van der Waals surface area contributed by atoms with Gasteiger partial charge in [-0.1, -0.05) is 13.3 Å². The van der Waals surface area contributed by atoms with Crippen LogP contribution in [0.2, 0.25) is 0 Å². The zero-order chi connectivity index (χ0) is 13.9. The van der Waals surface area contributed by atoms with Crippen molar-refractivity contribution in [1.29, 1.82) is 0 Å².